The Morgan fingerprint density at radius 3 is 2.44 bits per heavy atom. The number of hydrogen-bond acceptors (Lipinski definition) is 10. The number of primary amides is 1. The van der Waals surface area contributed by atoms with Gasteiger partial charge < -0.3 is 44.6 Å². The van der Waals surface area contributed by atoms with Crippen LogP contribution in [0.3, 0.4) is 0 Å². The minimum atomic E-state index is -1.50. The van der Waals surface area contributed by atoms with Gasteiger partial charge in [-0.25, -0.2) is 9.59 Å². The summed E-state index contributed by atoms with van der Waals surface area (Å²) < 4.78 is 28.5. The van der Waals surface area contributed by atoms with Crippen molar-refractivity contribution < 1.29 is 43.2 Å². The number of nitrogens with two attached hydrogens (primary N) is 1. The maximum Gasteiger partial charge on any atom is 0.404 e. The Hall–Kier alpha value is -3.65. The molecule has 12 nitrogen and oxygen atoms in total. The van der Waals surface area contributed by atoms with E-state index in [-0.39, 0.29) is 22.3 Å². The van der Waals surface area contributed by atoms with E-state index in [1.807, 2.05) is 0 Å². The van der Waals surface area contributed by atoms with Gasteiger partial charge in [0.1, 0.15) is 17.4 Å². The van der Waals surface area contributed by atoms with E-state index in [9.17, 15) is 24.6 Å². The average molecular weight is 607 g/mol. The number of aromatic hydroxyl groups is 1. The first kappa shape index (κ1) is 28.4. The lowest BCUT2D eigenvalue weighted by atomic mass is 9.89. The summed E-state index contributed by atoms with van der Waals surface area (Å²) in [6, 6.07) is 9.30. The molecule has 0 radical (unpaired) electrons. The number of fused-ring (bicyclic) bond motifs is 1. The SMILES string of the molecule is CO[C@@H]1[C@@H](OC(N)=O)[C@@H](O)[C@H](Oc2ccc3c(O)c(NC(=O)c4ccc(Br)cc4)c(=O)oc3c2C)OC1(C)C. The molecule has 2 amide bonds. The summed E-state index contributed by atoms with van der Waals surface area (Å²) in [7, 11) is 1.37. The molecule has 1 aliphatic heterocycles. The molecule has 5 N–H and O–H groups in total. The van der Waals surface area contributed by atoms with Crippen molar-refractivity contribution in [2.75, 3.05) is 12.4 Å². The molecule has 208 valence electrons. The van der Waals surface area contributed by atoms with Crippen molar-refractivity contribution in [3.05, 3.63) is 62.4 Å². The molecule has 1 aliphatic rings. The fraction of sp³-hybridized carbons (Fsp3) is 0.346. The molecule has 2 aromatic carbocycles. The number of rotatable bonds is 6. The van der Waals surface area contributed by atoms with Gasteiger partial charge in [-0.3, -0.25) is 4.79 Å². The number of aliphatic hydroxyl groups excluding tert-OH is 1. The van der Waals surface area contributed by atoms with Gasteiger partial charge in [0.15, 0.2) is 23.6 Å². The summed E-state index contributed by atoms with van der Waals surface area (Å²) in [5, 5.41) is 24.2. The average Bonchev–Trinajstić information content (AvgIpc) is 2.86. The van der Waals surface area contributed by atoms with Crippen LogP contribution in [0.15, 0.2) is 50.1 Å². The molecular weight excluding hydrogens is 580 g/mol. The molecule has 4 rings (SSSR count). The van der Waals surface area contributed by atoms with Crippen LogP contribution in [0.25, 0.3) is 11.0 Å². The van der Waals surface area contributed by atoms with E-state index in [1.54, 1.807) is 45.0 Å². The predicted octanol–water partition coefficient (Wildman–Crippen LogP) is 3.18. The van der Waals surface area contributed by atoms with Gasteiger partial charge in [0.05, 0.1) is 11.0 Å². The Morgan fingerprint density at radius 1 is 1.15 bits per heavy atom. The maximum atomic E-state index is 12.8. The molecule has 1 fully saturated rings. The first-order chi connectivity index (χ1) is 18.3. The van der Waals surface area contributed by atoms with Gasteiger partial charge in [0.25, 0.3) is 5.91 Å². The van der Waals surface area contributed by atoms with Crippen LogP contribution in [0.2, 0.25) is 0 Å². The quantitative estimate of drug-likeness (QED) is 0.304. The monoisotopic (exact) mass is 606 g/mol. The van der Waals surface area contributed by atoms with Crippen molar-refractivity contribution in [1.82, 2.24) is 0 Å². The van der Waals surface area contributed by atoms with E-state index in [0.717, 1.165) is 4.47 Å². The minimum absolute atomic E-state index is 0.0131. The van der Waals surface area contributed by atoms with Crippen LogP contribution >= 0.6 is 15.9 Å². The fourth-order valence-electron chi connectivity index (χ4n) is 4.46. The Balaban J connectivity index is 1.65. The number of methoxy groups -OCH3 is 1. The summed E-state index contributed by atoms with van der Waals surface area (Å²) in [4.78, 5) is 36.8. The number of aryl methyl sites for hydroxylation is 1. The number of amides is 2. The van der Waals surface area contributed by atoms with Crippen molar-refractivity contribution in [2.24, 2.45) is 5.73 Å². The van der Waals surface area contributed by atoms with E-state index in [1.165, 1.54) is 19.2 Å². The number of hydrogen-bond donors (Lipinski definition) is 4. The van der Waals surface area contributed by atoms with Crippen LogP contribution in [-0.4, -0.2) is 59.5 Å². The number of nitrogens with one attached hydrogen (secondary N) is 1. The lowest BCUT2D eigenvalue weighted by molar-refractivity contribution is -0.304. The van der Waals surface area contributed by atoms with Crippen molar-refractivity contribution in [3.8, 4) is 11.5 Å². The van der Waals surface area contributed by atoms with Crippen LogP contribution in [-0.2, 0) is 14.2 Å². The molecule has 1 aromatic heterocycles. The molecule has 13 heteroatoms. The van der Waals surface area contributed by atoms with Gasteiger partial charge in [-0.2, -0.15) is 0 Å². The zero-order chi connectivity index (χ0) is 28.6. The third-order valence-corrected chi connectivity index (χ3v) is 6.89. The number of benzene rings is 2. The predicted molar refractivity (Wildman–Crippen MR) is 142 cm³/mol. The molecule has 39 heavy (non-hydrogen) atoms. The Kier molecular flexibility index (Phi) is 7.89. The highest BCUT2D eigenvalue weighted by atomic mass is 79.9. The third-order valence-electron chi connectivity index (χ3n) is 6.36. The lowest BCUT2D eigenvalue weighted by Gasteiger charge is -2.47. The second-order valence-electron chi connectivity index (χ2n) is 9.40. The van der Waals surface area contributed by atoms with E-state index in [0.29, 0.717) is 5.56 Å². The first-order valence-electron chi connectivity index (χ1n) is 11.7. The van der Waals surface area contributed by atoms with Crippen molar-refractivity contribution in [2.45, 2.75) is 51.0 Å². The van der Waals surface area contributed by atoms with Gasteiger partial charge in [0.2, 0.25) is 6.29 Å². The smallest absolute Gasteiger partial charge is 0.404 e. The summed E-state index contributed by atoms with van der Waals surface area (Å²) in [6.45, 7) is 4.89. The number of carbonyl (C=O) groups is 2. The number of anilines is 1. The Labute approximate surface area is 230 Å². The van der Waals surface area contributed by atoms with Gasteiger partial charge >= 0.3 is 11.7 Å². The zero-order valence-corrected chi connectivity index (χ0v) is 23.0. The molecule has 1 saturated heterocycles. The standard InChI is InChI=1S/C26H27BrN2O10/c1-11-15(36-24-18(31)20(38-25(28)34)21(35-4)26(2,3)39-24)10-9-14-17(30)16(23(33)37-19(11)14)29-22(32)12-5-7-13(27)8-6-12/h5-10,18,20-21,24,30-31H,1-4H3,(H2,28,34)(H,29,32)/t18-,20+,21-,24-/m1/s1. The molecule has 0 saturated carbocycles. The fourth-order valence-corrected chi connectivity index (χ4v) is 4.72. The second-order valence-corrected chi connectivity index (χ2v) is 10.3. The number of halogens is 1. The van der Waals surface area contributed by atoms with Crippen LogP contribution in [0.5, 0.6) is 11.5 Å². The molecule has 0 unspecified atom stereocenters. The highest BCUT2D eigenvalue weighted by molar-refractivity contribution is 9.10. The summed E-state index contributed by atoms with van der Waals surface area (Å²) in [5.74, 6) is -0.964. The van der Waals surface area contributed by atoms with Gasteiger partial charge in [-0.05, 0) is 57.2 Å². The minimum Gasteiger partial charge on any atom is -0.505 e. The van der Waals surface area contributed by atoms with Crippen molar-refractivity contribution in [1.29, 1.82) is 0 Å². The van der Waals surface area contributed by atoms with Crippen molar-refractivity contribution in [3.63, 3.8) is 0 Å². The van der Waals surface area contributed by atoms with Crippen LogP contribution in [0.4, 0.5) is 10.5 Å². The third kappa shape index (κ3) is 5.57. The number of aliphatic hydroxyl groups is 1. The molecule has 0 aliphatic carbocycles. The van der Waals surface area contributed by atoms with E-state index in [4.69, 9.17) is 29.1 Å². The van der Waals surface area contributed by atoms with Crippen LogP contribution in [0.1, 0.15) is 29.8 Å². The van der Waals surface area contributed by atoms with Gasteiger partial charge in [0, 0.05) is 22.7 Å². The maximum absolute atomic E-state index is 12.8. The molecule has 0 bridgehead atoms. The van der Waals surface area contributed by atoms with Crippen LogP contribution in [0, 0.1) is 6.92 Å². The first-order valence-corrected chi connectivity index (χ1v) is 12.5. The molecule has 2 heterocycles. The highest BCUT2D eigenvalue weighted by Crippen LogP contribution is 2.38. The number of carbonyl (C=O) groups excluding carboxylic acids is 2. The second kappa shape index (κ2) is 10.8. The largest absolute Gasteiger partial charge is 0.505 e. The van der Waals surface area contributed by atoms with E-state index < -0.39 is 59.3 Å². The van der Waals surface area contributed by atoms with Gasteiger partial charge in [-0.1, -0.05) is 15.9 Å². The van der Waals surface area contributed by atoms with Crippen molar-refractivity contribution >= 4 is 44.6 Å². The lowest BCUT2D eigenvalue weighted by Crippen LogP contribution is -2.65. The Bertz CT molecular complexity index is 1470. The van der Waals surface area contributed by atoms with Gasteiger partial charge in [-0.15, -0.1) is 0 Å². The number of ether oxygens (including phenoxy) is 4. The molecule has 3 aromatic rings. The normalized spacial score (nSPS) is 22.3. The van der Waals surface area contributed by atoms with E-state index in [2.05, 4.69) is 21.2 Å². The topological polar surface area (TPSA) is 180 Å². The summed E-state index contributed by atoms with van der Waals surface area (Å²) >= 11 is 3.28. The Morgan fingerprint density at radius 2 is 1.82 bits per heavy atom. The van der Waals surface area contributed by atoms with E-state index >= 15 is 0 Å². The van der Waals surface area contributed by atoms with Crippen LogP contribution < -0.4 is 21.4 Å². The summed E-state index contributed by atoms with van der Waals surface area (Å²) in [6.07, 6.45) is -6.02. The molecule has 4 atom stereocenters. The molecular formula is C26H27BrN2O10. The highest BCUT2D eigenvalue weighted by Gasteiger charge is 2.53. The zero-order valence-electron chi connectivity index (χ0n) is 21.4. The summed E-state index contributed by atoms with van der Waals surface area (Å²) in [5.41, 5.74) is 3.24. The molecule has 0 spiro atoms.